The van der Waals surface area contributed by atoms with Crippen LogP contribution in [-0.4, -0.2) is 9.97 Å². The van der Waals surface area contributed by atoms with Crippen molar-refractivity contribution in [2.24, 2.45) is 0 Å². The lowest BCUT2D eigenvalue weighted by molar-refractivity contribution is -0.144. The fourth-order valence-electron chi connectivity index (χ4n) is 1.76. The number of hydrogen-bond acceptors (Lipinski definition) is 3. The monoisotopic (exact) mass is 267 g/mol. The number of nitrogens with zero attached hydrogens (tertiary/aromatic N) is 2. The maximum Gasteiger partial charge on any atom is 0.451 e. The SMILES string of the molecule is Cc1cccc(-c2cc(N)nc(C(F)(F)F)n2)c1C. The van der Waals surface area contributed by atoms with Crippen molar-refractivity contribution in [3.05, 3.63) is 41.2 Å². The van der Waals surface area contributed by atoms with Gasteiger partial charge in [-0.1, -0.05) is 18.2 Å². The first-order chi connectivity index (χ1) is 8.79. The summed E-state index contributed by atoms with van der Waals surface area (Å²) >= 11 is 0. The number of nitrogen functional groups attached to an aromatic ring is 1. The molecule has 0 radical (unpaired) electrons. The Labute approximate surface area is 108 Å². The van der Waals surface area contributed by atoms with Gasteiger partial charge in [-0.3, -0.25) is 0 Å². The van der Waals surface area contributed by atoms with Crippen LogP contribution in [-0.2, 0) is 6.18 Å². The summed E-state index contributed by atoms with van der Waals surface area (Å²) in [6.45, 7) is 3.71. The zero-order chi connectivity index (χ0) is 14.2. The zero-order valence-corrected chi connectivity index (χ0v) is 10.4. The third kappa shape index (κ3) is 2.67. The quantitative estimate of drug-likeness (QED) is 0.861. The van der Waals surface area contributed by atoms with Crippen molar-refractivity contribution in [1.29, 1.82) is 0 Å². The number of benzene rings is 1. The highest BCUT2D eigenvalue weighted by Crippen LogP contribution is 2.30. The van der Waals surface area contributed by atoms with E-state index in [1.807, 2.05) is 19.9 Å². The van der Waals surface area contributed by atoms with Crippen LogP contribution in [0.2, 0.25) is 0 Å². The second kappa shape index (κ2) is 4.53. The highest BCUT2D eigenvalue weighted by molar-refractivity contribution is 5.66. The van der Waals surface area contributed by atoms with Crippen molar-refractivity contribution < 1.29 is 13.2 Å². The van der Waals surface area contributed by atoms with Crippen LogP contribution in [0.1, 0.15) is 17.0 Å². The fraction of sp³-hybridized carbons (Fsp3) is 0.231. The second-order valence-electron chi connectivity index (χ2n) is 4.25. The third-order valence-corrected chi connectivity index (χ3v) is 2.88. The van der Waals surface area contributed by atoms with E-state index in [9.17, 15) is 13.2 Å². The fourth-order valence-corrected chi connectivity index (χ4v) is 1.76. The number of alkyl halides is 3. The van der Waals surface area contributed by atoms with Gasteiger partial charge >= 0.3 is 6.18 Å². The number of aromatic nitrogens is 2. The number of aryl methyl sites for hydroxylation is 1. The van der Waals surface area contributed by atoms with Crippen LogP contribution in [0.4, 0.5) is 19.0 Å². The molecule has 0 aliphatic rings. The van der Waals surface area contributed by atoms with Crippen LogP contribution in [0, 0.1) is 13.8 Å². The lowest BCUT2D eigenvalue weighted by Gasteiger charge is -2.11. The summed E-state index contributed by atoms with van der Waals surface area (Å²) in [6.07, 6.45) is -4.61. The summed E-state index contributed by atoms with van der Waals surface area (Å²) in [7, 11) is 0. The van der Waals surface area contributed by atoms with E-state index in [2.05, 4.69) is 9.97 Å². The molecule has 2 rings (SSSR count). The maximum absolute atomic E-state index is 12.7. The van der Waals surface area contributed by atoms with Crippen LogP contribution < -0.4 is 5.73 Å². The topological polar surface area (TPSA) is 51.8 Å². The predicted octanol–water partition coefficient (Wildman–Crippen LogP) is 3.36. The normalized spacial score (nSPS) is 11.6. The van der Waals surface area contributed by atoms with E-state index >= 15 is 0 Å². The number of hydrogen-bond donors (Lipinski definition) is 1. The molecule has 3 nitrogen and oxygen atoms in total. The van der Waals surface area contributed by atoms with Crippen LogP contribution in [0.25, 0.3) is 11.3 Å². The molecule has 0 saturated heterocycles. The molecule has 0 unspecified atom stereocenters. The molecular formula is C13H12F3N3. The van der Waals surface area contributed by atoms with Crippen LogP contribution in [0.5, 0.6) is 0 Å². The first-order valence-corrected chi connectivity index (χ1v) is 5.57. The molecule has 6 heteroatoms. The van der Waals surface area contributed by atoms with Crippen molar-refractivity contribution in [1.82, 2.24) is 9.97 Å². The molecule has 1 aromatic heterocycles. The second-order valence-corrected chi connectivity index (χ2v) is 4.25. The molecule has 2 aromatic rings. The van der Waals surface area contributed by atoms with Crippen molar-refractivity contribution in [2.45, 2.75) is 20.0 Å². The standard InChI is InChI=1S/C13H12F3N3/c1-7-4-3-5-9(8(7)2)10-6-11(17)19-12(18-10)13(14,15)16/h3-6H,1-2H3,(H2,17,18,19). The van der Waals surface area contributed by atoms with Gasteiger partial charge < -0.3 is 5.73 Å². The summed E-state index contributed by atoms with van der Waals surface area (Å²) in [4.78, 5) is 6.79. The van der Waals surface area contributed by atoms with Gasteiger partial charge in [-0.15, -0.1) is 0 Å². The number of rotatable bonds is 1. The maximum atomic E-state index is 12.7. The Morgan fingerprint density at radius 2 is 1.79 bits per heavy atom. The molecule has 0 atom stereocenters. The zero-order valence-electron chi connectivity index (χ0n) is 10.4. The van der Waals surface area contributed by atoms with Crippen LogP contribution >= 0.6 is 0 Å². The molecule has 0 amide bonds. The Hall–Kier alpha value is -2.11. The molecule has 0 bridgehead atoms. The van der Waals surface area contributed by atoms with Crippen molar-refractivity contribution in [2.75, 3.05) is 5.73 Å². The number of halogens is 3. The first kappa shape index (κ1) is 13.3. The van der Waals surface area contributed by atoms with E-state index < -0.39 is 12.0 Å². The predicted molar refractivity (Wildman–Crippen MR) is 66.4 cm³/mol. The van der Waals surface area contributed by atoms with Gasteiger partial charge in [-0.25, -0.2) is 9.97 Å². The van der Waals surface area contributed by atoms with Gasteiger partial charge in [-0.05, 0) is 25.0 Å². The minimum absolute atomic E-state index is 0.182. The Kier molecular flexibility index (Phi) is 3.18. The van der Waals surface area contributed by atoms with Gasteiger partial charge in [0.2, 0.25) is 5.82 Å². The Bertz CT molecular complexity index is 621. The van der Waals surface area contributed by atoms with Gasteiger partial charge in [0.1, 0.15) is 5.82 Å². The smallest absolute Gasteiger partial charge is 0.384 e. The van der Waals surface area contributed by atoms with Crippen LogP contribution in [0.3, 0.4) is 0 Å². The van der Waals surface area contributed by atoms with Gasteiger partial charge in [0.25, 0.3) is 0 Å². The lowest BCUT2D eigenvalue weighted by Crippen LogP contribution is -2.13. The van der Waals surface area contributed by atoms with E-state index in [-0.39, 0.29) is 11.5 Å². The van der Waals surface area contributed by atoms with Crippen molar-refractivity contribution >= 4 is 5.82 Å². The molecule has 0 fully saturated rings. The molecule has 1 heterocycles. The average molecular weight is 267 g/mol. The summed E-state index contributed by atoms with van der Waals surface area (Å²) in [5, 5.41) is 0. The molecule has 1 aromatic carbocycles. The van der Waals surface area contributed by atoms with Gasteiger partial charge in [-0.2, -0.15) is 13.2 Å². The highest BCUT2D eigenvalue weighted by Gasteiger charge is 2.35. The van der Waals surface area contributed by atoms with Crippen molar-refractivity contribution in [3.8, 4) is 11.3 Å². The largest absolute Gasteiger partial charge is 0.451 e. The van der Waals surface area contributed by atoms with Crippen molar-refractivity contribution in [3.63, 3.8) is 0 Å². The van der Waals surface area contributed by atoms with Crippen LogP contribution in [0.15, 0.2) is 24.3 Å². The Morgan fingerprint density at radius 3 is 2.42 bits per heavy atom. The third-order valence-electron chi connectivity index (χ3n) is 2.88. The molecular weight excluding hydrogens is 255 g/mol. The molecule has 0 spiro atoms. The lowest BCUT2D eigenvalue weighted by atomic mass is 10.0. The molecule has 100 valence electrons. The van der Waals surface area contributed by atoms with E-state index in [1.165, 1.54) is 6.07 Å². The van der Waals surface area contributed by atoms with E-state index in [0.29, 0.717) is 5.56 Å². The minimum atomic E-state index is -4.61. The molecule has 19 heavy (non-hydrogen) atoms. The van der Waals surface area contributed by atoms with Gasteiger partial charge in [0.15, 0.2) is 0 Å². The molecule has 0 saturated carbocycles. The molecule has 2 N–H and O–H groups in total. The Morgan fingerprint density at radius 1 is 1.11 bits per heavy atom. The minimum Gasteiger partial charge on any atom is -0.384 e. The first-order valence-electron chi connectivity index (χ1n) is 5.57. The summed E-state index contributed by atoms with van der Waals surface area (Å²) < 4.78 is 38.0. The van der Waals surface area contributed by atoms with Gasteiger partial charge in [0, 0.05) is 11.6 Å². The van der Waals surface area contributed by atoms with E-state index in [1.54, 1.807) is 12.1 Å². The molecule has 0 aliphatic carbocycles. The Balaban J connectivity index is 2.63. The average Bonchev–Trinajstić information content (AvgIpc) is 2.31. The van der Waals surface area contributed by atoms with Gasteiger partial charge in [0.05, 0.1) is 5.69 Å². The summed E-state index contributed by atoms with van der Waals surface area (Å²) in [5.41, 5.74) is 8.08. The number of anilines is 1. The highest BCUT2D eigenvalue weighted by atomic mass is 19.4. The summed E-state index contributed by atoms with van der Waals surface area (Å²) in [5.74, 6) is -1.42. The molecule has 0 aliphatic heterocycles. The van der Waals surface area contributed by atoms with E-state index in [4.69, 9.17) is 5.73 Å². The van der Waals surface area contributed by atoms with E-state index in [0.717, 1.165) is 11.1 Å². The number of nitrogens with two attached hydrogens (primary N) is 1. The summed E-state index contributed by atoms with van der Waals surface area (Å²) in [6, 6.07) is 6.71.